The molecule has 23 heavy (non-hydrogen) atoms. The third-order valence-corrected chi connectivity index (χ3v) is 3.87. The Morgan fingerprint density at radius 3 is 2.87 bits per heavy atom. The van der Waals surface area contributed by atoms with Gasteiger partial charge in [0, 0.05) is 17.8 Å². The number of fused-ring (bicyclic) bond motifs is 1. The van der Waals surface area contributed by atoms with Crippen LogP contribution in [0, 0.1) is 0 Å². The van der Waals surface area contributed by atoms with Gasteiger partial charge in [-0.3, -0.25) is 5.32 Å². The van der Waals surface area contributed by atoms with E-state index >= 15 is 0 Å². The molecule has 2 rings (SSSR count). The summed E-state index contributed by atoms with van der Waals surface area (Å²) in [4.78, 5) is 11.9. The Morgan fingerprint density at radius 2 is 2.22 bits per heavy atom. The molecule has 0 saturated heterocycles. The van der Waals surface area contributed by atoms with Crippen LogP contribution in [0.3, 0.4) is 0 Å². The van der Waals surface area contributed by atoms with Gasteiger partial charge in [0.1, 0.15) is 5.60 Å². The summed E-state index contributed by atoms with van der Waals surface area (Å²) >= 11 is 0. The third-order valence-electron chi connectivity index (χ3n) is 3.87. The molecule has 0 aromatic heterocycles. The van der Waals surface area contributed by atoms with E-state index in [0.29, 0.717) is 12.1 Å². The monoisotopic (exact) mass is 316 g/mol. The Morgan fingerprint density at radius 1 is 1.48 bits per heavy atom. The molecule has 1 aromatic carbocycles. The summed E-state index contributed by atoms with van der Waals surface area (Å²) in [5, 5.41) is 6.45. The van der Waals surface area contributed by atoms with E-state index < -0.39 is 11.7 Å². The van der Waals surface area contributed by atoms with Crippen molar-refractivity contribution < 1.29 is 9.53 Å². The van der Waals surface area contributed by atoms with Crippen LogP contribution in [0.5, 0.6) is 0 Å². The number of nitrogens with one attached hydrogen (secondary N) is 2. The Kier molecular flexibility index (Phi) is 5.47. The number of carbonyl (C=O) groups is 1. The minimum Gasteiger partial charge on any atom is -0.444 e. The summed E-state index contributed by atoms with van der Waals surface area (Å²) < 4.78 is 5.29. The SMILES string of the molecule is C=CCC(C)NC1CCc2cc(NC(=O)OC(C)(C)C)ccc21. The second-order valence-corrected chi connectivity index (χ2v) is 7.22. The van der Waals surface area contributed by atoms with Gasteiger partial charge in [-0.25, -0.2) is 4.79 Å². The van der Waals surface area contributed by atoms with E-state index in [-0.39, 0.29) is 0 Å². The van der Waals surface area contributed by atoms with E-state index in [1.54, 1.807) is 0 Å². The summed E-state index contributed by atoms with van der Waals surface area (Å²) in [6.45, 7) is 11.5. The molecule has 0 heterocycles. The fourth-order valence-electron chi connectivity index (χ4n) is 2.95. The van der Waals surface area contributed by atoms with Crippen LogP contribution < -0.4 is 10.6 Å². The summed E-state index contributed by atoms with van der Waals surface area (Å²) in [7, 11) is 0. The third kappa shape index (κ3) is 5.10. The van der Waals surface area contributed by atoms with Crippen molar-refractivity contribution in [1.82, 2.24) is 5.32 Å². The zero-order valence-corrected chi connectivity index (χ0v) is 14.6. The lowest BCUT2D eigenvalue weighted by molar-refractivity contribution is 0.0636. The van der Waals surface area contributed by atoms with Crippen LogP contribution in [0.25, 0.3) is 0 Å². The lowest BCUT2D eigenvalue weighted by Crippen LogP contribution is -2.29. The van der Waals surface area contributed by atoms with Gasteiger partial charge in [-0.15, -0.1) is 6.58 Å². The van der Waals surface area contributed by atoms with Gasteiger partial charge in [0.15, 0.2) is 0 Å². The van der Waals surface area contributed by atoms with Gasteiger partial charge in [-0.05, 0) is 70.2 Å². The van der Waals surface area contributed by atoms with Crippen LogP contribution in [0.4, 0.5) is 10.5 Å². The molecule has 2 unspecified atom stereocenters. The largest absolute Gasteiger partial charge is 0.444 e. The molecule has 1 amide bonds. The van der Waals surface area contributed by atoms with Crippen molar-refractivity contribution in [2.45, 2.75) is 64.6 Å². The number of anilines is 1. The average Bonchev–Trinajstić information content (AvgIpc) is 2.79. The lowest BCUT2D eigenvalue weighted by atomic mass is 10.1. The number of carbonyl (C=O) groups excluding carboxylic acids is 1. The first-order chi connectivity index (χ1) is 10.8. The fourth-order valence-corrected chi connectivity index (χ4v) is 2.95. The van der Waals surface area contributed by atoms with Gasteiger partial charge >= 0.3 is 6.09 Å². The minimum absolute atomic E-state index is 0.385. The Bertz CT molecular complexity index is 575. The number of ether oxygens (including phenoxy) is 1. The van der Waals surface area contributed by atoms with Crippen LogP contribution in [-0.2, 0) is 11.2 Å². The van der Waals surface area contributed by atoms with Crippen molar-refractivity contribution in [2.75, 3.05) is 5.32 Å². The smallest absolute Gasteiger partial charge is 0.412 e. The molecule has 0 radical (unpaired) electrons. The van der Waals surface area contributed by atoms with Gasteiger partial charge < -0.3 is 10.1 Å². The minimum atomic E-state index is -0.489. The molecule has 2 atom stereocenters. The predicted octanol–water partition coefficient (Wildman–Crippen LogP) is 4.58. The molecule has 126 valence electrons. The maximum Gasteiger partial charge on any atom is 0.412 e. The van der Waals surface area contributed by atoms with Crippen molar-refractivity contribution in [1.29, 1.82) is 0 Å². The normalized spacial score (nSPS) is 18.2. The van der Waals surface area contributed by atoms with Crippen molar-refractivity contribution in [3.05, 3.63) is 42.0 Å². The number of aryl methyl sites for hydroxylation is 1. The van der Waals surface area contributed by atoms with E-state index in [1.165, 1.54) is 11.1 Å². The summed E-state index contributed by atoms with van der Waals surface area (Å²) in [6, 6.07) is 6.91. The van der Waals surface area contributed by atoms with E-state index in [0.717, 1.165) is 24.9 Å². The first-order valence-electron chi connectivity index (χ1n) is 8.28. The van der Waals surface area contributed by atoms with Crippen LogP contribution in [0.15, 0.2) is 30.9 Å². The zero-order valence-electron chi connectivity index (χ0n) is 14.6. The van der Waals surface area contributed by atoms with Crippen LogP contribution in [0.1, 0.15) is 57.7 Å². The standard InChI is InChI=1S/C19H28N2O2/c1-6-7-13(2)20-17-11-8-14-12-15(9-10-16(14)17)21-18(22)23-19(3,4)5/h6,9-10,12-13,17,20H,1,7-8,11H2,2-5H3,(H,21,22). The number of hydrogen-bond donors (Lipinski definition) is 2. The van der Waals surface area contributed by atoms with Crippen molar-refractivity contribution >= 4 is 11.8 Å². The average molecular weight is 316 g/mol. The number of benzene rings is 1. The maximum absolute atomic E-state index is 11.9. The molecule has 0 saturated carbocycles. The first kappa shape index (κ1) is 17.5. The van der Waals surface area contributed by atoms with Gasteiger partial charge in [-0.2, -0.15) is 0 Å². The zero-order chi connectivity index (χ0) is 17.0. The molecule has 1 aliphatic carbocycles. The molecule has 0 bridgehead atoms. The highest BCUT2D eigenvalue weighted by atomic mass is 16.6. The fraction of sp³-hybridized carbons (Fsp3) is 0.526. The Hall–Kier alpha value is -1.81. The van der Waals surface area contributed by atoms with Crippen LogP contribution >= 0.6 is 0 Å². The quantitative estimate of drug-likeness (QED) is 0.782. The molecule has 4 heteroatoms. The Labute approximate surface area is 139 Å². The highest BCUT2D eigenvalue weighted by Crippen LogP contribution is 2.33. The number of rotatable bonds is 5. The molecule has 0 fully saturated rings. The second-order valence-electron chi connectivity index (χ2n) is 7.22. The van der Waals surface area contributed by atoms with Gasteiger partial charge in [0.05, 0.1) is 0 Å². The Balaban J connectivity index is 2.01. The number of amides is 1. The molecule has 4 nitrogen and oxygen atoms in total. The van der Waals surface area contributed by atoms with Crippen LogP contribution in [-0.4, -0.2) is 17.7 Å². The van der Waals surface area contributed by atoms with Crippen LogP contribution in [0.2, 0.25) is 0 Å². The summed E-state index contributed by atoms with van der Waals surface area (Å²) in [5.74, 6) is 0. The second kappa shape index (κ2) is 7.18. The van der Waals surface area contributed by atoms with E-state index in [9.17, 15) is 4.79 Å². The van der Waals surface area contributed by atoms with E-state index in [2.05, 4.69) is 36.3 Å². The summed E-state index contributed by atoms with van der Waals surface area (Å²) in [6.07, 6.45) is 4.61. The molecule has 1 aromatic rings. The van der Waals surface area contributed by atoms with Crippen molar-refractivity contribution in [2.24, 2.45) is 0 Å². The van der Waals surface area contributed by atoms with E-state index in [4.69, 9.17) is 4.74 Å². The summed E-state index contributed by atoms with van der Waals surface area (Å²) in [5.41, 5.74) is 2.92. The number of hydrogen-bond acceptors (Lipinski definition) is 3. The molecular weight excluding hydrogens is 288 g/mol. The van der Waals surface area contributed by atoms with E-state index in [1.807, 2.05) is 32.9 Å². The van der Waals surface area contributed by atoms with Gasteiger partial charge in [-0.1, -0.05) is 12.1 Å². The predicted molar refractivity (Wildman–Crippen MR) is 94.8 cm³/mol. The topological polar surface area (TPSA) is 50.4 Å². The lowest BCUT2D eigenvalue weighted by Gasteiger charge is -2.20. The highest BCUT2D eigenvalue weighted by molar-refractivity contribution is 5.85. The molecule has 0 spiro atoms. The van der Waals surface area contributed by atoms with Crippen molar-refractivity contribution in [3.8, 4) is 0 Å². The first-order valence-corrected chi connectivity index (χ1v) is 8.28. The molecule has 2 N–H and O–H groups in total. The van der Waals surface area contributed by atoms with Gasteiger partial charge in [0.2, 0.25) is 0 Å². The molecule has 1 aliphatic rings. The van der Waals surface area contributed by atoms with Crippen molar-refractivity contribution in [3.63, 3.8) is 0 Å². The molecule has 0 aliphatic heterocycles. The maximum atomic E-state index is 11.9. The highest BCUT2D eigenvalue weighted by Gasteiger charge is 2.24. The molecular formula is C19H28N2O2. The van der Waals surface area contributed by atoms with Gasteiger partial charge in [0.25, 0.3) is 0 Å².